The van der Waals surface area contributed by atoms with Gasteiger partial charge in [-0.2, -0.15) is 0 Å². The number of benzene rings is 1. The third-order valence-electron chi connectivity index (χ3n) is 2.75. The Morgan fingerprint density at radius 3 is 2.50 bits per heavy atom. The van der Waals surface area contributed by atoms with E-state index in [0.717, 1.165) is 6.08 Å². The van der Waals surface area contributed by atoms with Gasteiger partial charge in [-0.05, 0) is 11.6 Å². The van der Waals surface area contributed by atoms with Gasteiger partial charge in [-0.3, -0.25) is 4.79 Å². The second-order valence-corrected chi connectivity index (χ2v) is 4.14. The third-order valence-corrected chi connectivity index (χ3v) is 2.75. The molecule has 0 amide bonds. The van der Waals surface area contributed by atoms with Crippen molar-refractivity contribution in [3.8, 4) is 0 Å². The van der Waals surface area contributed by atoms with Crippen molar-refractivity contribution in [2.75, 3.05) is 0 Å². The minimum atomic E-state index is -2.89. The summed E-state index contributed by atoms with van der Waals surface area (Å²) in [6.07, 6.45) is 1.14. The van der Waals surface area contributed by atoms with Crippen LogP contribution >= 0.6 is 0 Å². The van der Waals surface area contributed by atoms with Crippen LogP contribution in [0.1, 0.15) is 16.8 Å². The summed E-state index contributed by atoms with van der Waals surface area (Å²) in [5.41, 5.74) is 0.575. The first-order valence-corrected chi connectivity index (χ1v) is 5.54. The molecule has 0 bridgehead atoms. The number of Topliss-reactive ketones (excluding diaryl/α,β-unsaturated/α-hetero) is 1. The third kappa shape index (κ3) is 2.71. The molecule has 0 heterocycles. The van der Waals surface area contributed by atoms with E-state index in [4.69, 9.17) is 0 Å². The number of hydrogen-bond donors (Lipinski definition) is 1. The first kappa shape index (κ1) is 12.6. The number of alkyl halides is 2. The van der Waals surface area contributed by atoms with Gasteiger partial charge < -0.3 is 5.11 Å². The van der Waals surface area contributed by atoms with E-state index < -0.39 is 24.2 Å². The number of carbonyl (C=O) groups excluding carboxylic acids is 1. The molecule has 1 aliphatic carbocycles. The molecule has 0 spiro atoms. The Balaban J connectivity index is 2.14. The topological polar surface area (TPSA) is 37.3 Å². The van der Waals surface area contributed by atoms with Crippen molar-refractivity contribution in [2.24, 2.45) is 0 Å². The average molecular weight is 250 g/mol. The van der Waals surface area contributed by atoms with Gasteiger partial charge in [0.25, 0.3) is 5.92 Å². The molecule has 94 valence electrons. The summed E-state index contributed by atoms with van der Waals surface area (Å²) in [4.78, 5) is 11.9. The Morgan fingerprint density at radius 1 is 1.28 bits per heavy atom. The van der Waals surface area contributed by atoms with E-state index >= 15 is 0 Å². The number of allylic oxidation sites excluding steroid dienone is 2. The fraction of sp³-hybridized carbons (Fsp3) is 0.214. The Kier molecular flexibility index (Phi) is 3.39. The van der Waals surface area contributed by atoms with E-state index in [-0.39, 0.29) is 5.57 Å². The van der Waals surface area contributed by atoms with Gasteiger partial charge in [-0.15, -0.1) is 0 Å². The maximum Gasteiger partial charge on any atom is 0.270 e. The molecular weight excluding hydrogens is 238 g/mol. The van der Waals surface area contributed by atoms with E-state index in [0.29, 0.717) is 11.6 Å². The Bertz CT molecular complexity index is 504. The van der Waals surface area contributed by atoms with Gasteiger partial charge in [0.2, 0.25) is 0 Å². The lowest BCUT2D eigenvalue weighted by molar-refractivity contribution is 0.0553. The summed E-state index contributed by atoms with van der Waals surface area (Å²) in [7, 11) is 0. The van der Waals surface area contributed by atoms with Crippen molar-refractivity contribution < 1.29 is 18.7 Å². The van der Waals surface area contributed by atoms with Gasteiger partial charge in [0, 0.05) is 12.0 Å². The zero-order chi connectivity index (χ0) is 13.2. The summed E-state index contributed by atoms with van der Waals surface area (Å²) < 4.78 is 25.7. The summed E-state index contributed by atoms with van der Waals surface area (Å²) >= 11 is 0. The van der Waals surface area contributed by atoms with Crippen molar-refractivity contribution in [1.82, 2.24) is 0 Å². The predicted octanol–water partition coefficient (Wildman–Crippen LogP) is 2.75. The predicted molar refractivity (Wildman–Crippen MR) is 63.6 cm³/mol. The lowest BCUT2D eigenvalue weighted by atomic mass is 9.95. The minimum Gasteiger partial charge on any atom is -0.380 e. The number of aliphatic hydroxyl groups excluding tert-OH is 1. The maximum absolute atomic E-state index is 12.9. The van der Waals surface area contributed by atoms with Crippen molar-refractivity contribution in [3.63, 3.8) is 0 Å². The molecule has 18 heavy (non-hydrogen) atoms. The fourth-order valence-corrected chi connectivity index (χ4v) is 1.72. The number of ketones is 1. The largest absolute Gasteiger partial charge is 0.380 e. The quantitative estimate of drug-likeness (QED) is 0.837. The monoisotopic (exact) mass is 250 g/mol. The molecule has 2 rings (SSSR count). The molecule has 0 radical (unpaired) electrons. The summed E-state index contributed by atoms with van der Waals surface area (Å²) in [5, 5.41) is 9.85. The van der Waals surface area contributed by atoms with E-state index in [2.05, 4.69) is 0 Å². The molecular formula is C14H12F2O2. The second-order valence-electron chi connectivity index (χ2n) is 4.14. The van der Waals surface area contributed by atoms with Crippen LogP contribution in [0.2, 0.25) is 0 Å². The molecule has 1 N–H and O–H groups in total. The normalized spacial score (nSPS) is 19.2. The summed E-state index contributed by atoms with van der Waals surface area (Å²) in [6, 6.07) is 8.27. The summed E-state index contributed by atoms with van der Waals surface area (Å²) in [5.74, 6) is -3.38. The standard InChI is InChI=1S/C14H12F2O2/c15-14(16)8-6-11(7-9-14)13(18)12(17)10-4-2-1-3-5-10/h1-8,13,18H,9H2. The Hall–Kier alpha value is -1.81. The van der Waals surface area contributed by atoms with Crippen LogP contribution in [0.4, 0.5) is 8.78 Å². The van der Waals surface area contributed by atoms with Crippen LogP contribution in [0.15, 0.2) is 54.1 Å². The van der Waals surface area contributed by atoms with Crippen molar-refractivity contribution >= 4 is 5.78 Å². The molecule has 1 aromatic carbocycles. The lowest BCUT2D eigenvalue weighted by Crippen LogP contribution is -2.25. The zero-order valence-electron chi connectivity index (χ0n) is 9.51. The van der Waals surface area contributed by atoms with E-state index in [1.807, 2.05) is 0 Å². The molecule has 0 aliphatic heterocycles. The van der Waals surface area contributed by atoms with Gasteiger partial charge in [-0.1, -0.05) is 42.5 Å². The van der Waals surface area contributed by atoms with Crippen LogP contribution in [0.3, 0.4) is 0 Å². The van der Waals surface area contributed by atoms with Crippen molar-refractivity contribution in [1.29, 1.82) is 0 Å². The highest BCUT2D eigenvalue weighted by molar-refractivity contribution is 6.01. The molecule has 0 fully saturated rings. The van der Waals surface area contributed by atoms with Crippen LogP contribution in [0.5, 0.6) is 0 Å². The second kappa shape index (κ2) is 4.82. The molecule has 0 saturated heterocycles. The Labute approximate surface area is 103 Å². The first-order chi connectivity index (χ1) is 8.49. The SMILES string of the molecule is O=C(c1ccccc1)C(O)C1=CCC(F)(F)C=C1. The van der Waals surface area contributed by atoms with Crippen LogP contribution in [0, 0.1) is 0 Å². The maximum atomic E-state index is 12.9. The highest BCUT2D eigenvalue weighted by Crippen LogP contribution is 2.28. The smallest absolute Gasteiger partial charge is 0.270 e. The van der Waals surface area contributed by atoms with Crippen LogP contribution in [0.25, 0.3) is 0 Å². The molecule has 1 aliphatic rings. The van der Waals surface area contributed by atoms with Crippen LogP contribution in [-0.2, 0) is 0 Å². The molecule has 0 aromatic heterocycles. The zero-order valence-corrected chi connectivity index (χ0v) is 9.51. The molecule has 2 nitrogen and oxygen atoms in total. The van der Waals surface area contributed by atoms with Crippen LogP contribution in [-0.4, -0.2) is 22.9 Å². The van der Waals surface area contributed by atoms with Gasteiger partial charge in [0.15, 0.2) is 5.78 Å². The molecule has 1 atom stereocenters. The fourth-order valence-electron chi connectivity index (χ4n) is 1.72. The number of halogens is 2. The molecule has 1 unspecified atom stereocenters. The van der Waals surface area contributed by atoms with Gasteiger partial charge in [0.05, 0.1) is 0 Å². The highest BCUT2D eigenvalue weighted by atomic mass is 19.3. The number of carbonyl (C=O) groups is 1. The average Bonchev–Trinajstić information content (AvgIpc) is 2.38. The highest BCUT2D eigenvalue weighted by Gasteiger charge is 2.29. The number of aliphatic hydroxyl groups is 1. The van der Waals surface area contributed by atoms with Gasteiger partial charge in [0.1, 0.15) is 6.10 Å². The van der Waals surface area contributed by atoms with Crippen molar-refractivity contribution in [2.45, 2.75) is 18.4 Å². The number of rotatable bonds is 3. The Morgan fingerprint density at radius 2 is 1.94 bits per heavy atom. The molecule has 0 saturated carbocycles. The minimum absolute atomic E-state index is 0.217. The van der Waals surface area contributed by atoms with E-state index in [1.54, 1.807) is 30.3 Å². The van der Waals surface area contributed by atoms with Gasteiger partial charge in [-0.25, -0.2) is 8.78 Å². The van der Waals surface area contributed by atoms with Crippen molar-refractivity contribution in [3.05, 3.63) is 59.7 Å². The van der Waals surface area contributed by atoms with Gasteiger partial charge >= 0.3 is 0 Å². The molecule has 4 heteroatoms. The lowest BCUT2D eigenvalue weighted by Gasteiger charge is -2.18. The number of hydrogen-bond acceptors (Lipinski definition) is 2. The first-order valence-electron chi connectivity index (χ1n) is 5.54. The molecule has 1 aromatic rings. The summed E-state index contributed by atoms with van der Waals surface area (Å²) in [6.45, 7) is 0. The van der Waals surface area contributed by atoms with E-state index in [9.17, 15) is 18.7 Å². The van der Waals surface area contributed by atoms with Crippen LogP contribution < -0.4 is 0 Å². The van der Waals surface area contributed by atoms with E-state index in [1.165, 1.54) is 6.08 Å².